The molecule has 4 nitrogen and oxygen atoms in total. The second kappa shape index (κ2) is 6.37. The molecule has 1 saturated heterocycles. The maximum Gasteiger partial charge on any atom is 0.223 e. The number of hydrogen-bond donors (Lipinski definition) is 1. The van der Waals surface area contributed by atoms with E-state index in [9.17, 15) is 4.79 Å². The lowest BCUT2D eigenvalue weighted by atomic mass is 10.1. The van der Waals surface area contributed by atoms with Gasteiger partial charge in [0.15, 0.2) is 0 Å². The summed E-state index contributed by atoms with van der Waals surface area (Å²) in [6.45, 7) is 5.21. The highest BCUT2D eigenvalue weighted by molar-refractivity contribution is 5.80. The highest BCUT2D eigenvalue weighted by Crippen LogP contribution is 2.28. The van der Waals surface area contributed by atoms with E-state index in [1.54, 1.807) is 0 Å². The molecule has 0 bridgehead atoms. The molecule has 0 spiro atoms. The van der Waals surface area contributed by atoms with E-state index in [1.165, 1.54) is 11.1 Å². The molecule has 108 valence electrons. The average molecular weight is 274 g/mol. The molecule has 1 aromatic carbocycles. The molecule has 1 amide bonds. The van der Waals surface area contributed by atoms with Crippen LogP contribution in [0.5, 0.6) is 0 Å². The third kappa shape index (κ3) is 3.58. The fraction of sp³-hybridized carbons (Fsp3) is 0.562. The first kappa shape index (κ1) is 13.6. The number of carbonyl (C=O) groups is 1. The summed E-state index contributed by atoms with van der Waals surface area (Å²) in [5.41, 5.74) is 2.54. The maximum absolute atomic E-state index is 11.7. The molecule has 1 N–H and O–H groups in total. The van der Waals surface area contributed by atoms with Crippen LogP contribution in [0.25, 0.3) is 0 Å². The van der Waals surface area contributed by atoms with Gasteiger partial charge in [0.2, 0.25) is 5.91 Å². The van der Waals surface area contributed by atoms with Gasteiger partial charge in [0.1, 0.15) is 0 Å². The highest BCUT2D eigenvalue weighted by atomic mass is 16.5. The van der Waals surface area contributed by atoms with Gasteiger partial charge in [0.05, 0.1) is 13.2 Å². The van der Waals surface area contributed by atoms with Crippen molar-refractivity contribution < 1.29 is 9.53 Å². The SMILES string of the molecule is O=C(NCc1ccccc1CN1CCOCC1)C1CC1. The van der Waals surface area contributed by atoms with Gasteiger partial charge in [-0.05, 0) is 24.0 Å². The Morgan fingerprint density at radius 2 is 1.90 bits per heavy atom. The Hall–Kier alpha value is -1.39. The first-order valence-corrected chi connectivity index (χ1v) is 7.47. The van der Waals surface area contributed by atoms with Crippen molar-refractivity contribution in [3.63, 3.8) is 0 Å². The Balaban J connectivity index is 1.59. The number of rotatable bonds is 5. The minimum Gasteiger partial charge on any atom is -0.379 e. The van der Waals surface area contributed by atoms with Crippen molar-refractivity contribution >= 4 is 5.91 Å². The number of carbonyl (C=O) groups excluding carboxylic acids is 1. The van der Waals surface area contributed by atoms with Crippen LogP contribution in [0.3, 0.4) is 0 Å². The van der Waals surface area contributed by atoms with Gasteiger partial charge in [-0.1, -0.05) is 24.3 Å². The lowest BCUT2D eigenvalue weighted by Crippen LogP contribution is -2.36. The van der Waals surface area contributed by atoms with E-state index in [0.29, 0.717) is 6.54 Å². The Labute approximate surface area is 120 Å². The van der Waals surface area contributed by atoms with Crippen LogP contribution in [-0.4, -0.2) is 37.1 Å². The van der Waals surface area contributed by atoms with Crippen LogP contribution in [0.4, 0.5) is 0 Å². The zero-order chi connectivity index (χ0) is 13.8. The molecule has 1 saturated carbocycles. The lowest BCUT2D eigenvalue weighted by molar-refractivity contribution is -0.122. The summed E-state index contributed by atoms with van der Waals surface area (Å²) in [7, 11) is 0. The van der Waals surface area contributed by atoms with Crippen molar-refractivity contribution in [2.75, 3.05) is 26.3 Å². The summed E-state index contributed by atoms with van der Waals surface area (Å²) >= 11 is 0. The van der Waals surface area contributed by atoms with Crippen molar-refractivity contribution in [1.82, 2.24) is 10.2 Å². The van der Waals surface area contributed by atoms with E-state index in [2.05, 4.69) is 28.4 Å². The molecule has 0 atom stereocenters. The van der Waals surface area contributed by atoms with E-state index < -0.39 is 0 Å². The topological polar surface area (TPSA) is 41.6 Å². The Bertz CT molecular complexity index is 465. The Morgan fingerprint density at radius 3 is 2.60 bits per heavy atom. The highest BCUT2D eigenvalue weighted by Gasteiger charge is 2.29. The van der Waals surface area contributed by atoms with Gasteiger partial charge in [-0.3, -0.25) is 9.69 Å². The molecule has 1 heterocycles. The zero-order valence-corrected chi connectivity index (χ0v) is 11.8. The predicted octanol–water partition coefficient (Wildman–Crippen LogP) is 1.54. The van der Waals surface area contributed by atoms with E-state index in [4.69, 9.17) is 4.74 Å². The molecule has 1 aliphatic heterocycles. The van der Waals surface area contributed by atoms with Crippen molar-refractivity contribution in [3.8, 4) is 0 Å². The summed E-state index contributed by atoms with van der Waals surface area (Å²) in [6, 6.07) is 8.39. The zero-order valence-electron chi connectivity index (χ0n) is 11.8. The van der Waals surface area contributed by atoms with E-state index in [-0.39, 0.29) is 11.8 Å². The quantitative estimate of drug-likeness (QED) is 0.885. The third-order valence-electron chi connectivity index (χ3n) is 4.02. The number of nitrogens with one attached hydrogen (secondary N) is 1. The van der Waals surface area contributed by atoms with Crippen LogP contribution in [-0.2, 0) is 22.6 Å². The van der Waals surface area contributed by atoms with Gasteiger partial charge in [-0.25, -0.2) is 0 Å². The Morgan fingerprint density at radius 1 is 1.20 bits per heavy atom. The summed E-state index contributed by atoms with van der Waals surface area (Å²) < 4.78 is 5.38. The minimum absolute atomic E-state index is 0.214. The second-order valence-electron chi connectivity index (χ2n) is 5.65. The van der Waals surface area contributed by atoms with Crippen molar-refractivity contribution in [2.24, 2.45) is 5.92 Å². The molecule has 0 radical (unpaired) electrons. The number of benzene rings is 1. The number of morpholine rings is 1. The standard InChI is InChI=1S/C16H22N2O2/c19-16(13-5-6-13)17-11-14-3-1-2-4-15(14)12-18-7-9-20-10-8-18/h1-4,13H,5-12H2,(H,17,19). The van der Waals surface area contributed by atoms with E-state index in [0.717, 1.165) is 45.7 Å². The molecule has 1 aromatic rings. The molecule has 0 aromatic heterocycles. The smallest absolute Gasteiger partial charge is 0.223 e. The van der Waals surface area contributed by atoms with Gasteiger partial charge >= 0.3 is 0 Å². The van der Waals surface area contributed by atoms with Crippen LogP contribution in [0.2, 0.25) is 0 Å². The fourth-order valence-corrected chi connectivity index (χ4v) is 2.56. The van der Waals surface area contributed by atoms with Crippen LogP contribution in [0.1, 0.15) is 24.0 Å². The molecular weight excluding hydrogens is 252 g/mol. The Kier molecular flexibility index (Phi) is 4.33. The molecule has 4 heteroatoms. The molecule has 2 aliphatic rings. The van der Waals surface area contributed by atoms with Crippen LogP contribution >= 0.6 is 0 Å². The maximum atomic E-state index is 11.7. The van der Waals surface area contributed by atoms with Crippen molar-refractivity contribution in [1.29, 1.82) is 0 Å². The summed E-state index contributed by atoms with van der Waals surface area (Å²) in [5.74, 6) is 0.493. The second-order valence-corrected chi connectivity index (χ2v) is 5.65. The predicted molar refractivity (Wildman–Crippen MR) is 77.1 cm³/mol. The van der Waals surface area contributed by atoms with Crippen molar-refractivity contribution in [3.05, 3.63) is 35.4 Å². The number of amides is 1. The van der Waals surface area contributed by atoms with Gasteiger partial charge in [-0.15, -0.1) is 0 Å². The van der Waals surface area contributed by atoms with E-state index in [1.807, 2.05) is 6.07 Å². The van der Waals surface area contributed by atoms with Gasteiger partial charge in [-0.2, -0.15) is 0 Å². The van der Waals surface area contributed by atoms with E-state index >= 15 is 0 Å². The first-order chi connectivity index (χ1) is 9.83. The normalized spacial score (nSPS) is 19.8. The molecule has 3 rings (SSSR count). The molecule has 1 aliphatic carbocycles. The summed E-state index contributed by atoms with van der Waals surface area (Å²) in [6.07, 6.45) is 2.11. The van der Waals surface area contributed by atoms with Crippen LogP contribution < -0.4 is 5.32 Å². The fourth-order valence-electron chi connectivity index (χ4n) is 2.56. The average Bonchev–Trinajstić information content (AvgIpc) is 3.32. The number of hydrogen-bond acceptors (Lipinski definition) is 3. The third-order valence-corrected chi connectivity index (χ3v) is 4.02. The minimum atomic E-state index is 0.214. The van der Waals surface area contributed by atoms with Gasteiger partial charge in [0.25, 0.3) is 0 Å². The first-order valence-electron chi connectivity index (χ1n) is 7.47. The monoisotopic (exact) mass is 274 g/mol. The van der Waals surface area contributed by atoms with Gasteiger partial charge in [0, 0.05) is 32.1 Å². The van der Waals surface area contributed by atoms with Crippen LogP contribution in [0.15, 0.2) is 24.3 Å². The lowest BCUT2D eigenvalue weighted by Gasteiger charge is -2.27. The number of nitrogens with zero attached hydrogens (tertiary/aromatic N) is 1. The summed E-state index contributed by atoms with van der Waals surface area (Å²) in [5, 5.41) is 3.06. The summed E-state index contributed by atoms with van der Waals surface area (Å²) in [4.78, 5) is 14.1. The number of ether oxygens (including phenoxy) is 1. The largest absolute Gasteiger partial charge is 0.379 e. The van der Waals surface area contributed by atoms with Crippen LogP contribution in [0, 0.1) is 5.92 Å². The molecule has 0 unspecified atom stereocenters. The van der Waals surface area contributed by atoms with Crippen molar-refractivity contribution in [2.45, 2.75) is 25.9 Å². The molecule has 2 fully saturated rings. The van der Waals surface area contributed by atoms with Gasteiger partial charge < -0.3 is 10.1 Å². The molecular formula is C16H22N2O2. The molecule has 20 heavy (non-hydrogen) atoms.